The Kier molecular flexibility index (Phi) is 15.4. The summed E-state index contributed by atoms with van der Waals surface area (Å²) >= 11 is 0. The molecule has 7 amide bonds. The highest BCUT2D eigenvalue weighted by Crippen LogP contribution is 2.01. The van der Waals surface area contributed by atoms with Crippen LogP contribution in [0.4, 0.5) is 0 Å². The molecule has 0 aliphatic rings. The minimum absolute atomic E-state index is 0.384. The molecule has 0 aromatic rings. The quantitative estimate of drug-likeness (QED) is 0.0724. The number of carbonyl (C=O) groups is 8. The molecule has 40 heavy (non-hydrogen) atoms. The molecule has 0 saturated heterocycles. The summed E-state index contributed by atoms with van der Waals surface area (Å²) in [7, 11) is 0. The number of amides is 7. The van der Waals surface area contributed by atoms with Crippen LogP contribution in [0.2, 0.25) is 0 Å². The van der Waals surface area contributed by atoms with E-state index in [1.807, 2.05) is 16.0 Å². The van der Waals surface area contributed by atoms with E-state index in [0.717, 1.165) is 13.8 Å². The molecule has 0 aliphatic carbocycles. The maximum atomic E-state index is 12.7. The topological polar surface area (TPSA) is 330 Å². The van der Waals surface area contributed by atoms with Gasteiger partial charge in [0.2, 0.25) is 41.4 Å². The van der Waals surface area contributed by atoms with Gasteiger partial charge in [-0.1, -0.05) is 0 Å². The van der Waals surface area contributed by atoms with Crippen molar-refractivity contribution >= 4 is 47.3 Å². The van der Waals surface area contributed by atoms with Crippen molar-refractivity contribution in [1.29, 1.82) is 0 Å². The molecule has 0 radical (unpaired) electrons. The number of aliphatic carboxylic acids is 1. The van der Waals surface area contributed by atoms with Crippen molar-refractivity contribution in [3.8, 4) is 0 Å². The van der Waals surface area contributed by atoms with Crippen LogP contribution in [0.1, 0.15) is 33.1 Å². The molecule has 0 heterocycles. The molecule has 13 N–H and O–H groups in total. The molecule has 0 fully saturated rings. The third-order valence-corrected chi connectivity index (χ3v) is 5.09. The Labute approximate surface area is 227 Å². The molecule has 19 nitrogen and oxygen atoms in total. The third kappa shape index (κ3) is 12.9. The lowest BCUT2D eigenvalue weighted by Gasteiger charge is -2.26. The number of hydrogen-bond donors (Lipinski definition) is 11. The van der Waals surface area contributed by atoms with E-state index in [9.17, 15) is 58.8 Å². The lowest BCUT2D eigenvalue weighted by molar-refractivity contribution is -0.143. The second kappa shape index (κ2) is 17.3. The number of hydrogen-bond acceptors (Lipinski definition) is 11. The Hall–Kier alpha value is -4.36. The molecule has 0 aliphatic heterocycles. The Morgan fingerprint density at radius 2 is 1.12 bits per heavy atom. The van der Waals surface area contributed by atoms with Crippen LogP contribution in [-0.4, -0.2) is 117 Å². The Morgan fingerprint density at radius 1 is 0.675 bits per heavy atom. The van der Waals surface area contributed by atoms with Crippen molar-refractivity contribution in [2.24, 2.45) is 11.5 Å². The number of rotatable bonds is 18. The van der Waals surface area contributed by atoms with Crippen molar-refractivity contribution < 1.29 is 58.8 Å². The van der Waals surface area contributed by atoms with Crippen molar-refractivity contribution in [1.82, 2.24) is 26.6 Å². The molecule has 0 aromatic carbocycles. The van der Waals surface area contributed by atoms with E-state index >= 15 is 0 Å². The van der Waals surface area contributed by atoms with E-state index < -0.39 is 103 Å². The highest BCUT2D eigenvalue weighted by molar-refractivity contribution is 5.97. The molecule has 0 aromatic heterocycles. The van der Waals surface area contributed by atoms with Gasteiger partial charge in [0.25, 0.3) is 0 Å². The fourth-order valence-corrected chi connectivity index (χ4v) is 3.05. The van der Waals surface area contributed by atoms with Gasteiger partial charge in [-0.25, -0.2) is 4.79 Å². The molecular formula is C21H35N7O12. The summed E-state index contributed by atoms with van der Waals surface area (Å²) in [4.78, 5) is 94.9. The number of carbonyl (C=O) groups excluding carboxylic acids is 7. The van der Waals surface area contributed by atoms with Gasteiger partial charge < -0.3 is 58.5 Å². The maximum absolute atomic E-state index is 12.7. The molecule has 0 rings (SSSR count). The first-order chi connectivity index (χ1) is 18.5. The van der Waals surface area contributed by atoms with Crippen LogP contribution in [0, 0.1) is 0 Å². The number of nitrogens with one attached hydrogen (secondary N) is 5. The second-order valence-corrected chi connectivity index (χ2v) is 8.54. The molecular weight excluding hydrogens is 542 g/mol. The predicted octanol–water partition coefficient (Wildman–Crippen LogP) is -6.98. The van der Waals surface area contributed by atoms with Gasteiger partial charge in [-0.15, -0.1) is 0 Å². The highest BCUT2D eigenvalue weighted by Gasteiger charge is 2.34. The van der Waals surface area contributed by atoms with Crippen molar-refractivity contribution in [3.05, 3.63) is 0 Å². The van der Waals surface area contributed by atoms with Gasteiger partial charge in [0.1, 0.15) is 30.2 Å². The number of carboxylic acids is 1. The molecule has 0 saturated carbocycles. The van der Waals surface area contributed by atoms with Gasteiger partial charge in [-0.05, 0) is 13.3 Å². The van der Waals surface area contributed by atoms with E-state index in [1.54, 1.807) is 0 Å². The van der Waals surface area contributed by atoms with E-state index in [-0.39, 0.29) is 12.8 Å². The van der Waals surface area contributed by atoms with Crippen LogP contribution in [0.25, 0.3) is 0 Å². The summed E-state index contributed by atoms with van der Waals surface area (Å²) in [6.45, 7) is 0.0415. The van der Waals surface area contributed by atoms with Gasteiger partial charge >= 0.3 is 5.97 Å². The first-order valence-electron chi connectivity index (χ1n) is 11.7. The zero-order valence-corrected chi connectivity index (χ0v) is 21.7. The van der Waals surface area contributed by atoms with Crippen LogP contribution >= 0.6 is 0 Å². The van der Waals surface area contributed by atoms with E-state index in [0.29, 0.717) is 0 Å². The van der Waals surface area contributed by atoms with Crippen LogP contribution in [0.5, 0.6) is 0 Å². The standard InChI is InChI=1S/C21H35N7O12/c1-8(31)16(20(38)27-12(6-29)18(36)25-10(21(39)40)3-4-14(22)33)28-19(37)13(7-30)26-17(35)11(5-15(23)34)24-9(2)32/h8,10-13,16,29-31H,3-7H2,1-2H3,(H2,22,33)(H2,23,34)(H,24,32)(H,25,36)(H,26,35)(H,27,38)(H,28,37)(H,39,40)/t8-,10+,11+,12+,13+,16+/m1/s1. The number of primary amides is 2. The smallest absolute Gasteiger partial charge is 0.326 e. The third-order valence-electron chi connectivity index (χ3n) is 5.09. The van der Waals surface area contributed by atoms with Crippen LogP contribution < -0.4 is 38.1 Å². The average molecular weight is 578 g/mol. The Morgan fingerprint density at radius 3 is 1.52 bits per heavy atom. The number of aliphatic hydroxyl groups excluding tert-OH is 3. The summed E-state index contributed by atoms with van der Waals surface area (Å²) in [6, 6.07) is -8.41. The van der Waals surface area contributed by atoms with Gasteiger partial charge in [-0.3, -0.25) is 33.6 Å². The number of aliphatic hydroxyl groups is 3. The fourth-order valence-electron chi connectivity index (χ4n) is 3.05. The van der Waals surface area contributed by atoms with E-state index in [4.69, 9.17) is 11.5 Å². The fraction of sp³-hybridized carbons (Fsp3) is 0.619. The lowest BCUT2D eigenvalue weighted by Crippen LogP contribution is -2.62. The molecule has 0 bridgehead atoms. The minimum Gasteiger partial charge on any atom is -0.480 e. The first-order valence-corrected chi connectivity index (χ1v) is 11.7. The largest absolute Gasteiger partial charge is 0.480 e. The normalized spacial score (nSPS) is 15.1. The zero-order valence-electron chi connectivity index (χ0n) is 21.7. The number of carboxylic acid groups (broad SMARTS) is 1. The summed E-state index contributed by atoms with van der Waals surface area (Å²) in [5.74, 6) is -8.73. The van der Waals surface area contributed by atoms with Crippen molar-refractivity contribution in [3.63, 3.8) is 0 Å². The summed E-state index contributed by atoms with van der Waals surface area (Å²) in [6.07, 6.45) is -3.04. The van der Waals surface area contributed by atoms with Crippen LogP contribution in [-0.2, 0) is 38.4 Å². The lowest BCUT2D eigenvalue weighted by atomic mass is 10.1. The van der Waals surface area contributed by atoms with Crippen LogP contribution in [0.15, 0.2) is 0 Å². The monoisotopic (exact) mass is 577 g/mol. The highest BCUT2D eigenvalue weighted by atomic mass is 16.4. The second-order valence-electron chi connectivity index (χ2n) is 8.54. The SMILES string of the molecule is CC(=O)N[C@@H](CC(N)=O)C(=O)N[C@@H](CO)C(=O)N[C@H](C(=O)N[C@@H](CO)C(=O)N[C@@H](CCC(N)=O)C(=O)O)[C@@H](C)O. The van der Waals surface area contributed by atoms with Gasteiger partial charge in [0.15, 0.2) is 0 Å². The van der Waals surface area contributed by atoms with Crippen molar-refractivity contribution in [2.75, 3.05) is 13.2 Å². The maximum Gasteiger partial charge on any atom is 0.326 e. The predicted molar refractivity (Wildman–Crippen MR) is 131 cm³/mol. The molecule has 226 valence electrons. The Balaban J connectivity index is 5.50. The summed E-state index contributed by atoms with van der Waals surface area (Å²) in [5, 5.41) is 48.6. The molecule has 0 spiro atoms. The first kappa shape index (κ1) is 35.6. The van der Waals surface area contributed by atoms with E-state index in [2.05, 4.69) is 10.6 Å². The average Bonchev–Trinajstić information content (AvgIpc) is 2.84. The minimum atomic E-state index is -1.82. The molecule has 19 heteroatoms. The molecule has 6 atom stereocenters. The van der Waals surface area contributed by atoms with E-state index in [1.165, 1.54) is 0 Å². The number of nitrogens with two attached hydrogens (primary N) is 2. The summed E-state index contributed by atoms with van der Waals surface area (Å²) in [5.41, 5.74) is 10.00. The van der Waals surface area contributed by atoms with Gasteiger partial charge in [0.05, 0.1) is 25.7 Å². The van der Waals surface area contributed by atoms with Crippen LogP contribution in [0.3, 0.4) is 0 Å². The Bertz CT molecular complexity index is 958. The molecule has 0 unspecified atom stereocenters. The zero-order chi connectivity index (χ0) is 31.2. The van der Waals surface area contributed by atoms with Gasteiger partial charge in [0, 0.05) is 13.3 Å². The van der Waals surface area contributed by atoms with Crippen molar-refractivity contribution in [2.45, 2.75) is 69.4 Å². The van der Waals surface area contributed by atoms with Gasteiger partial charge in [-0.2, -0.15) is 0 Å². The summed E-state index contributed by atoms with van der Waals surface area (Å²) < 4.78 is 0.